The van der Waals surface area contributed by atoms with Crippen LogP contribution in [-0.2, 0) is 4.79 Å². The Morgan fingerprint density at radius 1 is 1.30 bits per heavy atom. The van der Waals surface area contributed by atoms with Crippen molar-refractivity contribution in [3.05, 3.63) is 0 Å². The highest BCUT2D eigenvalue weighted by molar-refractivity contribution is 6.58. The molecule has 0 fully saturated rings. The van der Waals surface area contributed by atoms with E-state index in [-0.39, 0.29) is 0 Å². The van der Waals surface area contributed by atoms with Crippen LogP contribution in [0.3, 0.4) is 0 Å². The Balaban J connectivity index is 4.57. The lowest BCUT2D eigenvalue weighted by Gasteiger charge is -2.16. The van der Waals surface area contributed by atoms with Crippen molar-refractivity contribution in [3.63, 3.8) is 0 Å². The van der Waals surface area contributed by atoms with Gasteiger partial charge in [0, 0.05) is 0 Å². The molecule has 0 saturated heterocycles. The van der Waals surface area contributed by atoms with E-state index in [4.69, 9.17) is 5.11 Å². The summed E-state index contributed by atoms with van der Waals surface area (Å²) < 4.78 is 30.6. The number of alkyl halides is 5. The maximum absolute atomic E-state index is 11.4. The first-order valence-corrected chi connectivity index (χ1v) is 2.63. The predicted molar refractivity (Wildman–Crippen MR) is 28.1 cm³/mol. The van der Waals surface area contributed by atoms with E-state index in [1.807, 2.05) is 0 Å². The van der Waals surface area contributed by atoms with Crippen LogP contribution in [0.5, 0.6) is 0 Å². The Kier molecular flexibility index (Phi) is 2.43. The van der Waals surface area contributed by atoms with Crippen molar-refractivity contribution >= 4 is 29.2 Å². The molecule has 0 aliphatic rings. The first-order chi connectivity index (χ1) is 4.19. The minimum atomic E-state index is -5.15. The summed E-state index contributed by atoms with van der Waals surface area (Å²) in [7, 11) is 0. The summed E-state index contributed by atoms with van der Waals surface area (Å²) >= 11 is 8.78. The number of carboxylic acids is 1. The van der Waals surface area contributed by atoms with Crippen molar-refractivity contribution in [1.82, 2.24) is 0 Å². The zero-order valence-electron chi connectivity index (χ0n) is 4.25. The Morgan fingerprint density at radius 3 is 1.60 bits per heavy atom. The van der Waals surface area contributed by atoms with Crippen LogP contribution in [0.25, 0.3) is 0 Å². The summed E-state index contributed by atoms with van der Waals surface area (Å²) in [4.78, 5) is 9.68. The molecule has 0 aromatic rings. The van der Waals surface area contributed by atoms with E-state index in [1.165, 1.54) is 0 Å². The molecule has 0 aliphatic carbocycles. The van der Waals surface area contributed by atoms with Gasteiger partial charge in [-0.1, -0.05) is 23.2 Å². The molecule has 0 bridgehead atoms. The predicted octanol–water partition coefficient (Wildman–Crippen LogP) is 1.81. The van der Waals surface area contributed by atoms with Crippen molar-refractivity contribution < 1.29 is 23.1 Å². The van der Waals surface area contributed by atoms with Gasteiger partial charge in [0.1, 0.15) is 0 Å². The molecule has 7 heteroatoms. The fourth-order valence-electron chi connectivity index (χ4n) is 0.121. The number of carbonyl (C=O) groups is 1. The monoisotopic (exact) mass is 196 g/mol. The van der Waals surface area contributed by atoms with Gasteiger partial charge in [-0.2, -0.15) is 13.2 Å². The molecule has 0 aromatic carbocycles. The standard InChI is InChI=1S/C3HCl2F3O2/c4-2(5,1(9)10)3(6,7)8/h(H,9,10). The van der Waals surface area contributed by atoms with Crippen molar-refractivity contribution in [3.8, 4) is 0 Å². The molecule has 2 nitrogen and oxygen atoms in total. The van der Waals surface area contributed by atoms with Gasteiger partial charge >= 0.3 is 16.5 Å². The van der Waals surface area contributed by atoms with Crippen molar-refractivity contribution in [2.75, 3.05) is 0 Å². The number of carboxylic acid groups (broad SMARTS) is 1. The first-order valence-electron chi connectivity index (χ1n) is 1.87. The molecular weight excluding hydrogens is 196 g/mol. The summed E-state index contributed by atoms with van der Waals surface area (Å²) in [5, 5.41) is 7.79. The quantitative estimate of drug-likeness (QED) is 0.650. The summed E-state index contributed by atoms with van der Waals surface area (Å²) in [5.74, 6) is -2.33. The summed E-state index contributed by atoms with van der Waals surface area (Å²) in [6.07, 6.45) is -5.15. The molecular formula is C3HCl2F3O2. The van der Waals surface area contributed by atoms with Gasteiger partial charge in [0.15, 0.2) is 0 Å². The third kappa shape index (κ3) is 1.67. The Labute approximate surface area is 63.5 Å². The van der Waals surface area contributed by atoms with E-state index in [0.717, 1.165) is 0 Å². The van der Waals surface area contributed by atoms with Gasteiger partial charge < -0.3 is 5.11 Å². The topological polar surface area (TPSA) is 37.3 Å². The Morgan fingerprint density at radius 2 is 1.60 bits per heavy atom. The molecule has 0 unspecified atom stereocenters. The lowest BCUT2D eigenvalue weighted by molar-refractivity contribution is -0.170. The van der Waals surface area contributed by atoms with E-state index in [2.05, 4.69) is 23.2 Å². The highest BCUT2D eigenvalue weighted by Gasteiger charge is 2.59. The van der Waals surface area contributed by atoms with Gasteiger partial charge in [0.25, 0.3) is 0 Å². The van der Waals surface area contributed by atoms with E-state index < -0.39 is 16.5 Å². The number of hydrogen-bond donors (Lipinski definition) is 1. The number of hydrogen-bond acceptors (Lipinski definition) is 1. The van der Waals surface area contributed by atoms with Gasteiger partial charge in [-0.3, -0.25) is 0 Å². The second kappa shape index (κ2) is 2.47. The van der Waals surface area contributed by atoms with Crippen molar-refractivity contribution in [1.29, 1.82) is 0 Å². The van der Waals surface area contributed by atoms with Crippen LogP contribution in [0.2, 0.25) is 0 Å². The molecule has 0 amide bonds. The highest BCUT2D eigenvalue weighted by Crippen LogP contribution is 2.39. The lowest BCUT2D eigenvalue weighted by Crippen LogP contribution is -2.41. The van der Waals surface area contributed by atoms with Crippen LogP contribution in [-0.4, -0.2) is 21.6 Å². The third-order valence-corrected chi connectivity index (χ3v) is 1.38. The molecule has 0 heterocycles. The molecule has 60 valence electrons. The minimum absolute atomic E-state index is 2.33. The van der Waals surface area contributed by atoms with Gasteiger partial charge in [-0.15, -0.1) is 0 Å². The van der Waals surface area contributed by atoms with Crippen molar-refractivity contribution in [2.45, 2.75) is 10.5 Å². The molecule has 0 radical (unpaired) electrons. The maximum atomic E-state index is 11.4. The lowest BCUT2D eigenvalue weighted by atomic mass is 10.4. The minimum Gasteiger partial charge on any atom is -0.479 e. The van der Waals surface area contributed by atoms with Crippen molar-refractivity contribution in [2.24, 2.45) is 0 Å². The van der Waals surface area contributed by atoms with Crippen LogP contribution in [0.15, 0.2) is 0 Å². The van der Waals surface area contributed by atoms with Gasteiger partial charge in [-0.25, -0.2) is 4.79 Å². The molecule has 0 saturated carbocycles. The van der Waals surface area contributed by atoms with Crippen LogP contribution < -0.4 is 0 Å². The normalized spacial score (nSPS) is 13.3. The van der Waals surface area contributed by atoms with E-state index >= 15 is 0 Å². The molecule has 0 rings (SSSR count). The zero-order valence-corrected chi connectivity index (χ0v) is 5.76. The summed E-state index contributed by atoms with van der Waals surface area (Å²) in [6, 6.07) is 0. The SMILES string of the molecule is O=C(O)C(Cl)(Cl)C(F)(F)F. The largest absolute Gasteiger partial charge is 0.479 e. The summed E-state index contributed by atoms with van der Waals surface area (Å²) in [5.41, 5.74) is 0. The summed E-state index contributed by atoms with van der Waals surface area (Å²) in [6.45, 7) is 0. The van der Waals surface area contributed by atoms with Gasteiger partial charge in [0.2, 0.25) is 0 Å². The molecule has 10 heavy (non-hydrogen) atoms. The smallest absolute Gasteiger partial charge is 0.432 e. The number of aliphatic carboxylic acids is 1. The fraction of sp³-hybridized carbons (Fsp3) is 0.667. The van der Waals surface area contributed by atoms with Crippen LogP contribution in [0, 0.1) is 0 Å². The first kappa shape index (κ1) is 9.84. The fourth-order valence-corrected chi connectivity index (χ4v) is 0.121. The van der Waals surface area contributed by atoms with Gasteiger partial charge in [0.05, 0.1) is 0 Å². The van der Waals surface area contributed by atoms with E-state index in [9.17, 15) is 18.0 Å². The molecule has 1 N–H and O–H groups in total. The average molecular weight is 197 g/mol. The van der Waals surface area contributed by atoms with E-state index in [0.29, 0.717) is 0 Å². The maximum Gasteiger partial charge on any atom is 0.432 e. The molecule has 0 aromatic heterocycles. The van der Waals surface area contributed by atoms with Crippen LogP contribution >= 0.6 is 23.2 Å². The number of rotatable bonds is 1. The zero-order chi connectivity index (χ0) is 8.58. The Bertz CT molecular complexity index is 152. The number of halogens is 5. The van der Waals surface area contributed by atoms with Gasteiger partial charge in [-0.05, 0) is 0 Å². The third-order valence-electron chi connectivity index (χ3n) is 0.625. The molecule has 0 aliphatic heterocycles. The second-order valence-electron chi connectivity index (χ2n) is 1.38. The van der Waals surface area contributed by atoms with Crippen LogP contribution in [0.4, 0.5) is 13.2 Å². The van der Waals surface area contributed by atoms with Crippen LogP contribution in [0.1, 0.15) is 0 Å². The van der Waals surface area contributed by atoms with E-state index in [1.54, 1.807) is 0 Å². The highest BCUT2D eigenvalue weighted by atomic mass is 35.5. The molecule has 0 spiro atoms. The second-order valence-corrected chi connectivity index (χ2v) is 2.70. The average Bonchev–Trinajstić information content (AvgIpc) is 1.62. The Hall–Kier alpha value is -0.160. The molecule has 0 atom stereocenters.